The van der Waals surface area contributed by atoms with Crippen LogP contribution >= 0.6 is 23.1 Å². The van der Waals surface area contributed by atoms with Gasteiger partial charge < -0.3 is 10.4 Å². The number of benzene rings is 1. The number of anilines is 2. The monoisotopic (exact) mass is 411 g/mol. The first-order chi connectivity index (χ1) is 13.6. The van der Waals surface area contributed by atoms with Gasteiger partial charge in [-0.1, -0.05) is 0 Å². The average Bonchev–Trinajstić information content (AvgIpc) is 3.30. The molecule has 5 rings (SSSR count). The summed E-state index contributed by atoms with van der Waals surface area (Å²) in [6.45, 7) is 0. The summed E-state index contributed by atoms with van der Waals surface area (Å²) in [7, 11) is 0. The largest absolute Gasteiger partial charge is 0.481 e. The SMILES string of the molecule is CSc1cc2[nH]ncc2cc1Nc1ncnc2sc3c(c12)CC[C@H](C(=O)O)C3. The Morgan fingerprint density at radius 2 is 2.29 bits per heavy atom. The van der Waals surface area contributed by atoms with E-state index in [2.05, 4.69) is 37.6 Å². The number of thiophene rings is 1. The van der Waals surface area contributed by atoms with E-state index in [4.69, 9.17) is 0 Å². The molecule has 3 aromatic heterocycles. The molecule has 4 aromatic rings. The molecule has 28 heavy (non-hydrogen) atoms. The van der Waals surface area contributed by atoms with Crippen LogP contribution in [0.5, 0.6) is 0 Å². The lowest BCUT2D eigenvalue weighted by Gasteiger charge is -2.19. The van der Waals surface area contributed by atoms with Crippen molar-refractivity contribution in [1.82, 2.24) is 20.2 Å². The third-order valence-corrected chi connectivity index (χ3v) is 7.15. The van der Waals surface area contributed by atoms with Crippen molar-refractivity contribution in [2.75, 3.05) is 11.6 Å². The van der Waals surface area contributed by atoms with Gasteiger partial charge in [0.25, 0.3) is 0 Å². The van der Waals surface area contributed by atoms with Crippen molar-refractivity contribution in [2.24, 2.45) is 5.92 Å². The molecule has 1 aliphatic carbocycles. The van der Waals surface area contributed by atoms with Crippen molar-refractivity contribution in [3.63, 3.8) is 0 Å². The van der Waals surface area contributed by atoms with Crippen molar-refractivity contribution in [1.29, 1.82) is 0 Å². The maximum Gasteiger partial charge on any atom is 0.306 e. The molecule has 0 saturated carbocycles. The molecule has 9 heteroatoms. The number of aryl methyl sites for hydroxylation is 1. The molecule has 0 aliphatic heterocycles. The molecule has 142 valence electrons. The van der Waals surface area contributed by atoms with Crippen molar-refractivity contribution in [2.45, 2.75) is 24.2 Å². The minimum absolute atomic E-state index is 0.309. The second kappa shape index (κ2) is 6.75. The Hall–Kier alpha value is -2.65. The van der Waals surface area contributed by atoms with Crippen LogP contribution in [0.25, 0.3) is 21.1 Å². The van der Waals surface area contributed by atoms with Crippen LogP contribution < -0.4 is 5.32 Å². The number of aliphatic carboxylic acids is 1. The minimum atomic E-state index is -0.717. The van der Waals surface area contributed by atoms with E-state index in [-0.39, 0.29) is 5.92 Å². The van der Waals surface area contributed by atoms with Crippen LogP contribution in [-0.4, -0.2) is 37.5 Å². The number of aromatic amines is 1. The maximum absolute atomic E-state index is 11.4. The van der Waals surface area contributed by atoms with E-state index < -0.39 is 5.97 Å². The fourth-order valence-electron chi connectivity index (χ4n) is 3.78. The van der Waals surface area contributed by atoms with E-state index in [1.165, 1.54) is 5.56 Å². The number of carboxylic acid groups (broad SMARTS) is 1. The zero-order chi connectivity index (χ0) is 19.3. The molecule has 0 saturated heterocycles. The molecule has 1 aliphatic rings. The summed E-state index contributed by atoms with van der Waals surface area (Å²) in [6.07, 6.45) is 7.37. The fourth-order valence-corrected chi connectivity index (χ4v) is 5.61. The lowest BCUT2D eigenvalue weighted by molar-refractivity contribution is -0.142. The predicted octanol–water partition coefficient (Wildman–Crippen LogP) is 4.22. The highest BCUT2D eigenvalue weighted by atomic mass is 32.2. The van der Waals surface area contributed by atoms with E-state index in [0.29, 0.717) is 12.8 Å². The number of rotatable bonds is 4. The van der Waals surface area contributed by atoms with Gasteiger partial charge in [0, 0.05) is 15.2 Å². The van der Waals surface area contributed by atoms with Gasteiger partial charge in [-0.15, -0.1) is 23.1 Å². The topological polar surface area (TPSA) is 104 Å². The van der Waals surface area contributed by atoms with E-state index in [9.17, 15) is 9.90 Å². The number of hydrogen-bond acceptors (Lipinski definition) is 7. The standard InChI is InChI=1S/C19H17N5O2S2/c1-27-15-6-12-10(7-22-24-12)4-13(15)23-17-16-11-3-2-9(19(25)26)5-14(11)28-18(16)21-8-20-17/h4,6-9H,2-3,5H2,1H3,(H,22,24)(H,25,26)(H,20,21,23)/t9-/m0/s1. The fraction of sp³-hybridized carbons (Fsp3) is 0.263. The summed E-state index contributed by atoms with van der Waals surface area (Å²) in [5.74, 6) is -0.253. The van der Waals surface area contributed by atoms with Crippen LogP contribution in [0.2, 0.25) is 0 Å². The van der Waals surface area contributed by atoms with Crippen molar-refractivity contribution < 1.29 is 9.90 Å². The molecule has 0 radical (unpaired) electrons. The summed E-state index contributed by atoms with van der Waals surface area (Å²) in [6, 6.07) is 4.14. The van der Waals surface area contributed by atoms with Crippen LogP contribution in [0.4, 0.5) is 11.5 Å². The van der Waals surface area contributed by atoms with Gasteiger partial charge in [0.15, 0.2) is 0 Å². The number of thioether (sulfide) groups is 1. The van der Waals surface area contributed by atoms with Crippen LogP contribution in [0.3, 0.4) is 0 Å². The van der Waals surface area contributed by atoms with Gasteiger partial charge in [0.1, 0.15) is 17.0 Å². The first-order valence-corrected chi connectivity index (χ1v) is 10.9. The normalized spacial score (nSPS) is 16.4. The van der Waals surface area contributed by atoms with Gasteiger partial charge in [0.2, 0.25) is 0 Å². The molecule has 3 N–H and O–H groups in total. The molecule has 0 bridgehead atoms. The average molecular weight is 412 g/mol. The van der Waals surface area contributed by atoms with Gasteiger partial charge in [-0.05, 0) is 43.2 Å². The Balaban J connectivity index is 1.60. The number of H-pyrrole nitrogens is 1. The lowest BCUT2D eigenvalue weighted by atomic mass is 9.88. The molecule has 0 fully saturated rings. The van der Waals surface area contributed by atoms with E-state index in [1.54, 1.807) is 35.6 Å². The smallest absolute Gasteiger partial charge is 0.306 e. The maximum atomic E-state index is 11.4. The number of hydrogen-bond donors (Lipinski definition) is 3. The van der Waals surface area contributed by atoms with E-state index in [1.807, 2.05) is 6.26 Å². The summed E-state index contributed by atoms with van der Waals surface area (Å²) in [5.41, 5.74) is 3.16. The molecule has 0 unspecified atom stereocenters. The molecule has 0 amide bonds. The van der Waals surface area contributed by atoms with Crippen LogP contribution in [0.15, 0.2) is 29.6 Å². The minimum Gasteiger partial charge on any atom is -0.481 e. The zero-order valence-electron chi connectivity index (χ0n) is 15.0. The molecule has 7 nitrogen and oxygen atoms in total. The third kappa shape index (κ3) is 2.82. The number of nitrogens with zero attached hydrogens (tertiary/aromatic N) is 3. The van der Waals surface area contributed by atoms with Gasteiger partial charge in [0.05, 0.1) is 28.7 Å². The Labute approximate surface area is 168 Å². The highest BCUT2D eigenvalue weighted by Crippen LogP contribution is 2.41. The Morgan fingerprint density at radius 1 is 1.39 bits per heavy atom. The summed E-state index contributed by atoms with van der Waals surface area (Å²) in [4.78, 5) is 23.5. The number of nitrogens with one attached hydrogen (secondary N) is 2. The first-order valence-electron chi connectivity index (χ1n) is 8.90. The van der Waals surface area contributed by atoms with Gasteiger partial charge in [-0.2, -0.15) is 5.10 Å². The van der Waals surface area contributed by atoms with Crippen molar-refractivity contribution in [3.8, 4) is 0 Å². The summed E-state index contributed by atoms with van der Waals surface area (Å²) < 4.78 is 0. The Bertz CT molecular complexity index is 1220. The predicted molar refractivity (Wildman–Crippen MR) is 112 cm³/mol. The molecule has 3 heterocycles. The summed E-state index contributed by atoms with van der Waals surface area (Å²) >= 11 is 3.24. The van der Waals surface area contributed by atoms with E-state index >= 15 is 0 Å². The highest BCUT2D eigenvalue weighted by Gasteiger charge is 2.29. The number of carbonyl (C=O) groups is 1. The van der Waals surface area contributed by atoms with Crippen LogP contribution in [0, 0.1) is 5.92 Å². The van der Waals surface area contributed by atoms with E-state index in [0.717, 1.165) is 48.8 Å². The Morgan fingerprint density at radius 3 is 3.11 bits per heavy atom. The molecular formula is C19H17N5O2S2. The lowest BCUT2D eigenvalue weighted by Crippen LogP contribution is -2.21. The third-order valence-electron chi connectivity index (χ3n) is 5.21. The second-order valence-electron chi connectivity index (χ2n) is 6.82. The summed E-state index contributed by atoms with van der Waals surface area (Å²) in [5, 5.41) is 22.0. The molecule has 0 spiro atoms. The Kier molecular flexibility index (Phi) is 4.21. The van der Waals surface area contributed by atoms with Crippen molar-refractivity contribution in [3.05, 3.63) is 35.1 Å². The number of fused-ring (bicyclic) bond motifs is 4. The highest BCUT2D eigenvalue weighted by molar-refractivity contribution is 7.98. The van der Waals surface area contributed by atoms with Gasteiger partial charge in [-0.25, -0.2) is 9.97 Å². The number of aromatic nitrogens is 4. The quantitative estimate of drug-likeness (QED) is 0.432. The number of carboxylic acids is 1. The van der Waals surface area contributed by atoms with Crippen LogP contribution in [-0.2, 0) is 17.6 Å². The zero-order valence-corrected chi connectivity index (χ0v) is 16.7. The second-order valence-corrected chi connectivity index (χ2v) is 8.75. The molecular weight excluding hydrogens is 394 g/mol. The molecule has 1 atom stereocenters. The van der Waals surface area contributed by atoms with Gasteiger partial charge in [-0.3, -0.25) is 9.89 Å². The van der Waals surface area contributed by atoms with Crippen molar-refractivity contribution >= 4 is 61.7 Å². The van der Waals surface area contributed by atoms with Crippen LogP contribution in [0.1, 0.15) is 16.9 Å². The molecule has 1 aromatic carbocycles. The van der Waals surface area contributed by atoms with Gasteiger partial charge >= 0.3 is 5.97 Å². The first kappa shape index (κ1) is 17.4.